The number of hydrogen-bond donors (Lipinski definition) is 2. The maximum atomic E-state index is 12.9. The highest BCUT2D eigenvalue weighted by Gasteiger charge is 2.28. The lowest BCUT2D eigenvalue weighted by Gasteiger charge is -2.21. The minimum Gasteiger partial charge on any atom is -0.462 e. The average molecular weight is 1110 g/mol. The standard InChI is InChI=1S/C66H111O11P/c1-4-7-10-13-16-19-22-25-28-30-31-33-36-39-42-45-48-51-54-57-66(70)77-63(59-73-64(68)55-52-49-46-43-40-37-35-32-29-26-23-20-17-14-11-8-5-2)61-75-78(71,72)74-60-62(58-67)76-65(69)56-53-50-47-44-41-38-34-27-24-21-18-15-12-9-6-3/h9,12,16-21,25-29,31,33-34,41,44,62-63,67H,4-8,10-11,13-15,22-24,30,32,35-40,42-43,45-61H2,1-3H3,(H,71,72)/b12-9-,19-16-,20-17-,21-18-,28-25-,29-26-,33-31-,34-27-,44-41-. The molecule has 3 unspecified atom stereocenters. The molecule has 12 heteroatoms. The van der Waals surface area contributed by atoms with Gasteiger partial charge in [-0.05, 0) is 128 Å². The molecule has 0 heterocycles. The molecular weight excluding hydrogens is 1000 g/mol. The van der Waals surface area contributed by atoms with Crippen LogP contribution in [0.25, 0.3) is 0 Å². The van der Waals surface area contributed by atoms with E-state index in [0.29, 0.717) is 19.3 Å². The summed E-state index contributed by atoms with van der Waals surface area (Å²) < 4.78 is 39.6. The Kier molecular flexibility index (Phi) is 56.3. The zero-order chi connectivity index (χ0) is 56.9. The number of phosphoric acid groups is 1. The third-order valence-corrected chi connectivity index (χ3v) is 13.6. The van der Waals surface area contributed by atoms with Crippen molar-refractivity contribution < 1.29 is 52.2 Å². The molecule has 2 N–H and O–H groups in total. The summed E-state index contributed by atoms with van der Waals surface area (Å²) in [5, 5.41) is 9.83. The summed E-state index contributed by atoms with van der Waals surface area (Å²) in [6.07, 6.45) is 71.8. The van der Waals surface area contributed by atoms with Gasteiger partial charge >= 0.3 is 25.7 Å². The Hall–Kier alpha value is -3.86. The fraction of sp³-hybridized carbons (Fsp3) is 0.682. The van der Waals surface area contributed by atoms with Crippen LogP contribution in [0.4, 0.5) is 0 Å². The van der Waals surface area contributed by atoms with Gasteiger partial charge in [-0.3, -0.25) is 23.4 Å². The van der Waals surface area contributed by atoms with Gasteiger partial charge in [0.1, 0.15) is 12.7 Å². The summed E-state index contributed by atoms with van der Waals surface area (Å²) >= 11 is 0. The van der Waals surface area contributed by atoms with Gasteiger partial charge in [0.2, 0.25) is 0 Å². The van der Waals surface area contributed by atoms with E-state index in [9.17, 15) is 28.9 Å². The molecule has 0 fully saturated rings. The van der Waals surface area contributed by atoms with Crippen LogP contribution in [0.5, 0.6) is 0 Å². The summed E-state index contributed by atoms with van der Waals surface area (Å²) in [6.45, 7) is 4.41. The van der Waals surface area contributed by atoms with Crippen LogP contribution in [0.1, 0.15) is 252 Å². The van der Waals surface area contributed by atoms with Crippen LogP contribution >= 0.6 is 7.82 Å². The smallest absolute Gasteiger partial charge is 0.462 e. The predicted molar refractivity (Wildman–Crippen MR) is 325 cm³/mol. The minimum atomic E-state index is -4.77. The number of ether oxygens (including phenoxy) is 3. The van der Waals surface area contributed by atoms with E-state index < -0.39 is 57.8 Å². The van der Waals surface area contributed by atoms with Crippen molar-refractivity contribution >= 4 is 25.7 Å². The minimum absolute atomic E-state index is 0.119. The van der Waals surface area contributed by atoms with Gasteiger partial charge in [-0.25, -0.2) is 4.57 Å². The van der Waals surface area contributed by atoms with Gasteiger partial charge in [0.25, 0.3) is 0 Å². The number of aliphatic hydroxyl groups is 1. The molecule has 0 amide bonds. The topological polar surface area (TPSA) is 155 Å². The molecule has 0 aromatic rings. The molecule has 78 heavy (non-hydrogen) atoms. The molecular formula is C66H111O11P. The van der Waals surface area contributed by atoms with Crippen LogP contribution in [-0.2, 0) is 42.2 Å². The van der Waals surface area contributed by atoms with E-state index in [1.54, 1.807) is 0 Å². The van der Waals surface area contributed by atoms with Gasteiger partial charge in [-0.15, -0.1) is 0 Å². The second-order valence-corrected chi connectivity index (χ2v) is 21.6. The molecule has 446 valence electrons. The monoisotopic (exact) mass is 1110 g/mol. The van der Waals surface area contributed by atoms with Crippen molar-refractivity contribution in [1.82, 2.24) is 0 Å². The van der Waals surface area contributed by atoms with Crippen LogP contribution in [0.2, 0.25) is 0 Å². The SMILES string of the molecule is CC/C=C\C/C=C\C/C=C\C/C=C\CCCCC(=O)OC(CO)COP(=O)(O)OCC(COC(=O)CCCCCCCCC/C=C\C/C=C\CCCCC)OC(=O)CCCCCCCC/C=C\C/C=C\C/C=C\CCCCC. The van der Waals surface area contributed by atoms with Crippen LogP contribution in [0.3, 0.4) is 0 Å². The van der Waals surface area contributed by atoms with Crippen molar-refractivity contribution in [3.63, 3.8) is 0 Å². The lowest BCUT2D eigenvalue weighted by Crippen LogP contribution is -2.30. The first kappa shape index (κ1) is 74.1. The fourth-order valence-corrected chi connectivity index (χ4v) is 8.76. The molecule has 0 rings (SSSR count). The molecule has 0 aliphatic rings. The maximum Gasteiger partial charge on any atom is 0.472 e. The summed E-state index contributed by atoms with van der Waals surface area (Å²) in [7, 11) is -4.77. The quantitative estimate of drug-likeness (QED) is 0.0197. The van der Waals surface area contributed by atoms with Crippen LogP contribution in [0, 0.1) is 0 Å². The van der Waals surface area contributed by atoms with E-state index in [-0.39, 0.29) is 25.9 Å². The highest BCUT2D eigenvalue weighted by atomic mass is 31.2. The normalized spacial score (nSPS) is 14.1. The number of carbonyl (C=O) groups excluding carboxylic acids is 3. The Morgan fingerprint density at radius 2 is 0.667 bits per heavy atom. The van der Waals surface area contributed by atoms with Crippen LogP contribution in [-0.4, -0.2) is 66.5 Å². The molecule has 11 nitrogen and oxygen atoms in total. The number of aliphatic hydroxyl groups excluding tert-OH is 1. The van der Waals surface area contributed by atoms with Gasteiger partial charge in [-0.1, -0.05) is 214 Å². The zero-order valence-electron chi connectivity index (χ0n) is 49.3. The van der Waals surface area contributed by atoms with E-state index in [1.807, 2.05) is 0 Å². The van der Waals surface area contributed by atoms with Gasteiger partial charge in [-0.2, -0.15) is 0 Å². The Morgan fingerprint density at radius 3 is 1.05 bits per heavy atom. The molecule has 0 radical (unpaired) electrons. The molecule has 0 aliphatic heterocycles. The molecule has 0 bridgehead atoms. The van der Waals surface area contributed by atoms with Crippen LogP contribution in [0.15, 0.2) is 109 Å². The number of phosphoric ester groups is 1. The number of unbranched alkanes of at least 4 members (excludes halogenated alkanes) is 21. The number of allylic oxidation sites excluding steroid dienone is 18. The van der Waals surface area contributed by atoms with Crippen molar-refractivity contribution in [3.8, 4) is 0 Å². The highest BCUT2D eigenvalue weighted by molar-refractivity contribution is 7.47. The lowest BCUT2D eigenvalue weighted by atomic mass is 10.1. The predicted octanol–water partition coefficient (Wildman–Crippen LogP) is 18.6. The Bertz CT molecular complexity index is 1720. The Labute approximate surface area is 475 Å². The first-order chi connectivity index (χ1) is 38.2. The fourth-order valence-electron chi connectivity index (χ4n) is 7.97. The van der Waals surface area contributed by atoms with Crippen molar-refractivity contribution in [3.05, 3.63) is 109 Å². The summed E-state index contributed by atoms with van der Waals surface area (Å²) in [4.78, 5) is 48.7. The zero-order valence-corrected chi connectivity index (χ0v) is 50.2. The molecule has 0 aliphatic carbocycles. The van der Waals surface area contributed by atoms with Crippen LogP contribution < -0.4 is 0 Å². The first-order valence-corrected chi connectivity index (χ1v) is 32.3. The summed E-state index contributed by atoms with van der Waals surface area (Å²) in [6, 6.07) is 0. The van der Waals surface area contributed by atoms with Crippen molar-refractivity contribution in [2.75, 3.05) is 26.4 Å². The Morgan fingerprint density at radius 1 is 0.372 bits per heavy atom. The lowest BCUT2D eigenvalue weighted by molar-refractivity contribution is -0.161. The van der Waals surface area contributed by atoms with Crippen molar-refractivity contribution in [2.24, 2.45) is 0 Å². The number of rotatable bonds is 56. The average Bonchev–Trinajstić information content (AvgIpc) is 3.43. The maximum absolute atomic E-state index is 12.9. The summed E-state index contributed by atoms with van der Waals surface area (Å²) in [5.41, 5.74) is 0. The van der Waals surface area contributed by atoms with Gasteiger partial charge in [0.15, 0.2) is 6.10 Å². The highest BCUT2D eigenvalue weighted by Crippen LogP contribution is 2.43. The first-order valence-electron chi connectivity index (χ1n) is 30.8. The van der Waals surface area contributed by atoms with E-state index in [4.69, 9.17) is 23.3 Å². The third kappa shape index (κ3) is 56.8. The largest absolute Gasteiger partial charge is 0.472 e. The van der Waals surface area contributed by atoms with E-state index in [2.05, 4.69) is 130 Å². The van der Waals surface area contributed by atoms with Gasteiger partial charge < -0.3 is 24.2 Å². The molecule has 0 aromatic carbocycles. The number of hydrogen-bond acceptors (Lipinski definition) is 10. The molecule has 3 atom stereocenters. The second-order valence-electron chi connectivity index (χ2n) is 20.1. The van der Waals surface area contributed by atoms with Crippen molar-refractivity contribution in [1.29, 1.82) is 0 Å². The molecule has 0 aromatic heterocycles. The number of carbonyl (C=O) groups is 3. The molecule has 0 spiro atoms. The summed E-state index contributed by atoms with van der Waals surface area (Å²) in [5.74, 6) is -1.54. The van der Waals surface area contributed by atoms with Gasteiger partial charge in [0.05, 0.1) is 19.8 Å². The van der Waals surface area contributed by atoms with Gasteiger partial charge in [0, 0.05) is 19.3 Å². The molecule has 0 saturated carbocycles. The molecule has 0 saturated heterocycles. The van der Waals surface area contributed by atoms with E-state index in [0.717, 1.165) is 128 Å². The van der Waals surface area contributed by atoms with E-state index >= 15 is 0 Å². The van der Waals surface area contributed by atoms with E-state index in [1.165, 1.54) is 64.2 Å². The number of esters is 3. The Balaban J connectivity index is 4.81. The second kappa shape index (κ2) is 59.3. The van der Waals surface area contributed by atoms with Crippen molar-refractivity contribution in [2.45, 2.75) is 264 Å². The third-order valence-electron chi connectivity index (χ3n) is 12.6.